The summed E-state index contributed by atoms with van der Waals surface area (Å²) in [4.78, 5) is 1.31. The summed E-state index contributed by atoms with van der Waals surface area (Å²) in [5.41, 5.74) is 8.00. The van der Waals surface area contributed by atoms with Crippen molar-refractivity contribution in [3.05, 3.63) is 76.9 Å². The first-order valence-electron chi connectivity index (χ1n) is 10.8. The Balaban J connectivity index is 0.00000289. The van der Waals surface area contributed by atoms with Gasteiger partial charge in [0.1, 0.15) is 23.9 Å². The molecule has 0 amide bonds. The molecule has 0 N–H and O–H groups in total. The maximum absolute atomic E-state index is 5.83. The van der Waals surface area contributed by atoms with E-state index >= 15 is 0 Å². The fraction of sp³-hybridized carbons (Fsp3) is 0.333. The van der Waals surface area contributed by atoms with E-state index in [9.17, 15) is 0 Å². The van der Waals surface area contributed by atoms with Gasteiger partial charge in [0.15, 0.2) is 0 Å². The van der Waals surface area contributed by atoms with Gasteiger partial charge in [0.05, 0.1) is 28.3 Å². The molecule has 0 spiro atoms. The van der Waals surface area contributed by atoms with Crippen molar-refractivity contribution in [1.29, 1.82) is 0 Å². The topological polar surface area (TPSA) is 18.5 Å². The molecule has 4 rings (SSSR count). The van der Waals surface area contributed by atoms with Crippen LogP contribution in [0.5, 0.6) is 11.5 Å². The minimum Gasteiger partial charge on any atom is -1.00 e. The van der Waals surface area contributed by atoms with Crippen LogP contribution in [0.25, 0.3) is 11.1 Å². The van der Waals surface area contributed by atoms with E-state index in [2.05, 4.69) is 75.6 Å². The summed E-state index contributed by atoms with van der Waals surface area (Å²) >= 11 is 1.90. The van der Waals surface area contributed by atoms with Gasteiger partial charge in [-0.2, -0.15) is 0 Å². The highest BCUT2D eigenvalue weighted by atomic mass is 79.9. The number of methoxy groups -OCH3 is 2. The molecular weight excluding hydrogens is 482 g/mol. The number of halogens is 1. The Labute approximate surface area is 207 Å². The van der Waals surface area contributed by atoms with Gasteiger partial charge in [-0.1, -0.05) is 36.0 Å². The van der Waals surface area contributed by atoms with Crippen LogP contribution in [0.3, 0.4) is 0 Å². The first kappa shape index (κ1) is 24.7. The first-order chi connectivity index (χ1) is 14.9. The van der Waals surface area contributed by atoms with Gasteiger partial charge >= 0.3 is 0 Å². The molecule has 0 atom stereocenters. The molecular formula is C27H32BrNO2S. The van der Waals surface area contributed by atoms with E-state index in [1.807, 2.05) is 11.8 Å². The number of benzene rings is 3. The van der Waals surface area contributed by atoms with E-state index in [0.717, 1.165) is 41.2 Å². The highest BCUT2D eigenvalue weighted by Gasteiger charge is 2.25. The van der Waals surface area contributed by atoms with Crippen molar-refractivity contribution in [3.63, 3.8) is 0 Å². The molecule has 32 heavy (non-hydrogen) atoms. The van der Waals surface area contributed by atoms with Gasteiger partial charge in [-0.3, -0.25) is 0 Å². The molecule has 1 aliphatic rings. The Morgan fingerprint density at radius 1 is 0.875 bits per heavy atom. The number of fused-ring (bicyclic) bond motifs is 3. The van der Waals surface area contributed by atoms with E-state index in [-0.39, 0.29) is 17.0 Å². The van der Waals surface area contributed by atoms with Gasteiger partial charge in [-0.15, -0.1) is 0 Å². The van der Waals surface area contributed by atoms with E-state index in [1.165, 1.54) is 38.3 Å². The van der Waals surface area contributed by atoms with Gasteiger partial charge in [-0.25, -0.2) is 0 Å². The Morgan fingerprint density at radius 3 is 2.28 bits per heavy atom. The number of hydrogen-bond donors (Lipinski definition) is 0. The summed E-state index contributed by atoms with van der Waals surface area (Å²) in [5.74, 6) is 2.98. The lowest BCUT2D eigenvalue weighted by Gasteiger charge is -2.31. The third kappa shape index (κ3) is 5.16. The van der Waals surface area contributed by atoms with Gasteiger partial charge in [0.25, 0.3) is 0 Å². The number of ether oxygens (including phenoxy) is 2. The molecule has 0 radical (unpaired) electrons. The molecule has 0 aromatic heterocycles. The summed E-state index contributed by atoms with van der Waals surface area (Å²) in [6, 6.07) is 19.6. The van der Waals surface area contributed by atoms with E-state index in [4.69, 9.17) is 9.47 Å². The minimum absolute atomic E-state index is 0. The number of hydrogen-bond acceptors (Lipinski definition) is 3. The van der Waals surface area contributed by atoms with Crippen molar-refractivity contribution >= 4 is 11.8 Å². The fourth-order valence-corrected chi connectivity index (χ4v) is 5.44. The van der Waals surface area contributed by atoms with Crippen LogP contribution in [0.15, 0.2) is 59.5 Å². The highest BCUT2D eigenvalue weighted by molar-refractivity contribution is 7.99. The van der Waals surface area contributed by atoms with Gasteiger partial charge in [0.2, 0.25) is 0 Å². The van der Waals surface area contributed by atoms with E-state index in [0.29, 0.717) is 0 Å². The first-order valence-corrected chi connectivity index (χ1v) is 11.8. The Bertz CT molecular complexity index is 1080. The molecule has 5 heteroatoms. The lowest BCUT2D eigenvalue weighted by atomic mass is 9.82. The number of thioether (sulfide) groups is 1. The average Bonchev–Trinajstić information content (AvgIpc) is 2.78. The maximum Gasteiger partial charge on any atom is 0.130 e. The summed E-state index contributed by atoms with van der Waals surface area (Å²) in [6.07, 6.45) is 2.08. The van der Waals surface area contributed by atoms with Crippen molar-refractivity contribution in [3.8, 4) is 22.6 Å². The predicted octanol–water partition coefficient (Wildman–Crippen LogP) is 3.11. The molecule has 3 aromatic rings. The molecule has 0 saturated carbocycles. The number of nitrogens with zero attached hydrogens (tertiary/aromatic N) is 1. The van der Waals surface area contributed by atoms with Crippen LogP contribution >= 0.6 is 11.8 Å². The molecule has 3 aromatic carbocycles. The zero-order valence-electron chi connectivity index (χ0n) is 19.6. The maximum atomic E-state index is 5.83. The molecule has 170 valence electrons. The van der Waals surface area contributed by atoms with Crippen molar-refractivity contribution in [2.45, 2.75) is 31.2 Å². The smallest absolute Gasteiger partial charge is 0.130 e. The number of rotatable bonds is 7. The normalized spacial score (nSPS) is 12.4. The van der Waals surface area contributed by atoms with Gasteiger partial charge in [-0.05, 0) is 77.9 Å². The largest absolute Gasteiger partial charge is 1.00 e. The molecule has 0 fully saturated rings. The van der Waals surface area contributed by atoms with Crippen LogP contribution in [0, 0.1) is 6.92 Å². The third-order valence-electron chi connectivity index (χ3n) is 6.13. The van der Waals surface area contributed by atoms with Crippen molar-refractivity contribution in [1.82, 2.24) is 0 Å². The second-order valence-corrected chi connectivity index (χ2v) is 9.94. The average molecular weight is 515 g/mol. The van der Waals surface area contributed by atoms with E-state index in [1.54, 1.807) is 14.2 Å². The van der Waals surface area contributed by atoms with Crippen LogP contribution in [-0.4, -0.2) is 38.7 Å². The van der Waals surface area contributed by atoms with Crippen LogP contribution in [0.2, 0.25) is 0 Å². The molecule has 0 saturated heterocycles. The third-order valence-corrected chi connectivity index (χ3v) is 7.57. The van der Waals surface area contributed by atoms with Crippen LogP contribution in [-0.2, 0) is 19.4 Å². The lowest BCUT2D eigenvalue weighted by molar-refractivity contribution is -0.891. The zero-order valence-corrected chi connectivity index (χ0v) is 22.0. The molecule has 0 heterocycles. The summed E-state index contributed by atoms with van der Waals surface area (Å²) in [5, 5.41) is 0. The van der Waals surface area contributed by atoms with Crippen molar-refractivity contribution in [2.24, 2.45) is 0 Å². The molecule has 3 nitrogen and oxygen atoms in total. The minimum atomic E-state index is 0. The second-order valence-electron chi connectivity index (χ2n) is 8.92. The van der Waals surface area contributed by atoms with Gasteiger partial charge < -0.3 is 30.9 Å². The SMILES string of the molecule is COc1cc2c(cc1C[N+](C)(C)CSc1ccccc1)-c1ccc(OC)c(C)c1CC2.[Br-]. The Kier molecular flexibility index (Phi) is 7.97. The van der Waals surface area contributed by atoms with Crippen LogP contribution in [0.4, 0.5) is 0 Å². The quantitative estimate of drug-likeness (QED) is 0.274. The lowest BCUT2D eigenvalue weighted by Crippen LogP contribution is -3.00. The summed E-state index contributed by atoms with van der Waals surface area (Å²) < 4.78 is 12.3. The standard InChI is InChI=1S/C27H32NO2S.BrH/c1-19-23-12-11-20-16-27(30-5)21(15-25(20)24(23)13-14-26(19)29-4)17-28(2,3)18-31-22-9-7-6-8-10-22;/h6-10,13-16H,11-12,17-18H2,1-5H3;1H/q+1;/p-1. The van der Waals surface area contributed by atoms with Crippen LogP contribution < -0.4 is 26.5 Å². The molecule has 0 unspecified atom stereocenters. The van der Waals surface area contributed by atoms with Crippen molar-refractivity contribution < 1.29 is 30.9 Å². The van der Waals surface area contributed by atoms with Gasteiger partial charge in [0, 0.05) is 10.5 Å². The van der Waals surface area contributed by atoms with Crippen LogP contribution in [0.1, 0.15) is 22.3 Å². The molecule has 0 bridgehead atoms. The highest BCUT2D eigenvalue weighted by Crippen LogP contribution is 2.41. The summed E-state index contributed by atoms with van der Waals surface area (Å²) in [6.45, 7) is 3.09. The fourth-order valence-electron chi connectivity index (χ4n) is 4.50. The van der Waals surface area contributed by atoms with E-state index < -0.39 is 0 Å². The second kappa shape index (κ2) is 10.3. The van der Waals surface area contributed by atoms with Crippen molar-refractivity contribution in [2.75, 3.05) is 34.2 Å². The molecule has 1 aliphatic carbocycles. The zero-order chi connectivity index (χ0) is 22.0. The molecule has 0 aliphatic heterocycles. The Hall–Kier alpha value is -1.95. The monoisotopic (exact) mass is 513 g/mol. The number of quaternary nitrogens is 1. The predicted molar refractivity (Wildman–Crippen MR) is 130 cm³/mol. The number of aryl methyl sites for hydroxylation is 1. The Morgan fingerprint density at radius 2 is 1.59 bits per heavy atom. The summed E-state index contributed by atoms with van der Waals surface area (Å²) in [7, 11) is 8.12.